The van der Waals surface area contributed by atoms with Crippen LogP contribution in [-0.2, 0) is 57.6 Å². The van der Waals surface area contributed by atoms with Crippen LogP contribution < -0.4 is 26.7 Å². The minimum atomic E-state index is -1.42. The van der Waals surface area contributed by atoms with E-state index in [0.29, 0.717) is 71.0 Å². The number of fused-ring (bicyclic) bond motifs is 2. The summed E-state index contributed by atoms with van der Waals surface area (Å²) in [5.41, 5.74) is 3.77. The molecule has 0 aromatic heterocycles. The third-order valence-corrected chi connectivity index (χ3v) is 14.6. The van der Waals surface area contributed by atoms with E-state index < -0.39 is 54.6 Å². The second kappa shape index (κ2) is 33.3. The average molecular weight is 1180 g/mol. The van der Waals surface area contributed by atoms with Crippen molar-refractivity contribution in [2.24, 2.45) is 5.92 Å². The third kappa shape index (κ3) is 21.2. The zero-order valence-corrected chi connectivity index (χ0v) is 47.7. The number of phenolic OH excluding ortho intramolecular Hbond substituents is 1. The molecule has 0 bridgehead atoms. The molecule has 4 aromatic rings. The van der Waals surface area contributed by atoms with Crippen LogP contribution in [0.2, 0.25) is 0 Å². The predicted molar refractivity (Wildman–Crippen MR) is 319 cm³/mol. The standard InChI is InChI=1S/C64H70N4O16S/c69-39-83-58(29-30-59(75)76)68-64(82)67-52(63(80)81)28-24-44(70)18-11-3-1-2-4-12-20-57(74)66-53(35-41-16-9-6-10-17-41)54(73)36-43(32-40-14-7-5-8-15-40)61(77)65-31-13-19-47(85)33-42-21-25-48(51(34-42)62(78)79)60-49-26-22-45(71)37-55(49)84-56-38-46(72)23-27-50(56)60/h5-10,14-17,21-23,25-27,34,37-39,43,52-53,58,71H,1-4,11-13,18-20,24,28-33,35-36H2,(H,65,77)(H,66,74)(H,75,76)(H,78,79)(H,80,81)(H2,67,68,82)/t43-,52+,53+,58-/m1/s1. The number of aliphatic carboxylic acids is 2. The second-order valence-electron chi connectivity index (χ2n) is 20.8. The lowest BCUT2D eigenvalue weighted by Gasteiger charge is -2.22. The van der Waals surface area contributed by atoms with E-state index in [1.54, 1.807) is 30.3 Å². The molecule has 4 aromatic carbocycles. The Morgan fingerprint density at radius 3 is 1.98 bits per heavy atom. The van der Waals surface area contributed by atoms with Gasteiger partial charge in [0.2, 0.25) is 11.8 Å². The third-order valence-electron chi connectivity index (χ3n) is 14.3. The maximum atomic E-state index is 14.3. The van der Waals surface area contributed by atoms with Gasteiger partial charge in [-0.2, -0.15) is 0 Å². The van der Waals surface area contributed by atoms with E-state index in [4.69, 9.17) is 21.7 Å². The molecule has 0 unspecified atom stereocenters. The molecule has 0 fully saturated rings. The summed E-state index contributed by atoms with van der Waals surface area (Å²) in [4.78, 5) is 126. The van der Waals surface area contributed by atoms with Crippen LogP contribution >= 0.6 is 12.2 Å². The monoisotopic (exact) mass is 1180 g/mol. The summed E-state index contributed by atoms with van der Waals surface area (Å²) in [6.07, 6.45) is 3.76. The summed E-state index contributed by atoms with van der Waals surface area (Å²) >= 11 is 5.77. The Kier molecular flexibility index (Phi) is 25.4. The van der Waals surface area contributed by atoms with Gasteiger partial charge < -0.3 is 50.8 Å². The van der Waals surface area contributed by atoms with Crippen LogP contribution in [0.1, 0.15) is 123 Å². The zero-order chi connectivity index (χ0) is 61.3. The fourth-order valence-corrected chi connectivity index (χ4v) is 10.3. The highest BCUT2D eigenvalue weighted by Gasteiger charge is 2.29. The number of phenols is 1. The SMILES string of the molecule is O=CO[C@H](CCC(=O)O)NC(=O)N[C@@H](CCC(=O)CCCCCCCCC(=O)N[C@@H](Cc1ccccc1)C(=O)C[C@@H](Cc1ccccc1)C(=O)NCCCC(=S)Cc1ccc(-c2c3ccc(=O)cc-3oc3cc(O)ccc23)c(C(=O)O)c1)C(=O)O. The number of rotatable bonds is 37. The van der Waals surface area contributed by atoms with Gasteiger partial charge in [0, 0.05) is 79.6 Å². The molecule has 1 aliphatic carbocycles. The van der Waals surface area contributed by atoms with Crippen LogP contribution in [0.25, 0.3) is 33.4 Å². The number of aromatic hydroxyl groups is 1. The molecule has 4 atom stereocenters. The predicted octanol–water partition coefficient (Wildman–Crippen LogP) is 8.91. The van der Waals surface area contributed by atoms with Crippen molar-refractivity contribution < 1.29 is 72.7 Å². The fourth-order valence-electron chi connectivity index (χ4n) is 9.95. The zero-order valence-electron chi connectivity index (χ0n) is 46.9. The number of aromatic carboxylic acids is 1. The Balaban J connectivity index is 0.963. The smallest absolute Gasteiger partial charge is 0.336 e. The maximum absolute atomic E-state index is 14.3. The van der Waals surface area contributed by atoms with Gasteiger partial charge in [0.1, 0.15) is 28.9 Å². The number of carbonyl (C=O) groups excluding carboxylic acids is 6. The molecule has 85 heavy (non-hydrogen) atoms. The van der Waals surface area contributed by atoms with Gasteiger partial charge in [-0.1, -0.05) is 111 Å². The Bertz CT molecular complexity index is 3350. The van der Waals surface area contributed by atoms with E-state index in [1.807, 2.05) is 60.7 Å². The minimum Gasteiger partial charge on any atom is -0.508 e. The lowest BCUT2D eigenvalue weighted by atomic mass is 9.89. The molecule has 1 heterocycles. The number of nitrogens with one attached hydrogen (secondary N) is 4. The highest BCUT2D eigenvalue weighted by molar-refractivity contribution is 7.80. The van der Waals surface area contributed by atoms with Crippen LogP contribution in [0.4, 0.5) is 4.79 Å². The highest BCUT2D eigenvalue weighted by atomic mass is 32.1. The van der Waals surface area contributed by atoms with Gasteiger partial charge in [-0.25, -0.2) is 14.4 Å². The first kappa shape index (κ1) is 65.0. The fraction of sp³-hybridized carbons (Fsp3) is 0.359. The van der Waals surface area contributed by atoms with Crippen molar-refractivity contribution in [2.75, 3.05) is 6.54 Å². The van der Waals surface area contributed by atoms with Gasteiger partial charge >= 0.3 is 23.9 Å². The minimum absolute atomic E-state index is 0.00703. The topological polar surface area (TPSA) is 322 Å². The number of carboxylic acids is 3. The van der Waals surface area contributed by atoms with E-state index in [1.165, 1.54) is 24.3 Å². The van der Waals surface area contributed by atoms with E-state index in [2.05, 4.69) is 26.0 Å². The molecule has 21 heteroatoms. The molecule has 448 valence electrons. The molecule has 4 amide bonds. The molecule has 20 nitrogen and oxygen atoms in total. The summed E-state index contributed by atoms with van der Waals surface area (Å²) in [5.74, 6) is -5.44. The molecule has 0 radical (unpaired) electrons. The number of urea groups is 1. The van der Waals surface area contributed by atoms with Gasteiger partial charge in [-0.05, 0) is 102 Å². The summed E-state index contributed by atoms with van der Waals surface area (Å²) in [7, 11) is 0. The molecular weight excluding hydrogens is 1110 g/mol. The molecule has 8 N–H and O–H groups in total. The summed E-state index contributed by atoms with van der Waals surface area (Å²) in [6, 6.07) is 29.1. The van der Waals surface area contributed by atoms with Crippen LogP contribution in [0, 0.1) is 5.92 Å². The van der Waals surface area contributed by atoms with E-state index in [9.17, 15) is 63.3 Å². The van der Waals surface area contributed by atoms with Crippen molar-refractivity contribution >= 4 is 81.8 Å². The van der Waals surface area contributed by atoms with Crippen molar-refractivity contribution in [3.63, 3.8) is 0 Å². The summed E-state index contributed by atoms with van der Waals surface area (Å²) in [6.45, 7) is 0.278. The van der Waals surface area contributed by atoms with Crippen LogP contribution in [0.5, 0.6) is 5.75 Å². The van der Waals surface area contributed by atoms with E-state index >= 15 is 0 Å². The quantitative estimate of drug-likeness (QED) is 0.00593. The van der Waals surface area contributed by atoms with Gasteiger partial charge in [0.05, 0.1) is 18.0 Å². The first-order valence-corrected chi connectivity index (χ1v) is 28.7. The number of ether oxygens (including phenoxy) is 1. The van der Waals surface area contributed by atoms with Crippen molar-refractivity contribution in [3.05, 3.63) is 148 Å². The summed E-state index contributed by atoms with van der Waals surface area (Å²) < 4.78 is 10.6. The van der Waals surface area contributed by atoms with E-state index in [-0.39, 0.29) is 122 Å². The normalized spacial score (nSPS) is 12.5. The molecule has 6 rings (SSSR count). The molecule has 0 spiro atoms. The first-order chi connectivity index (χ1) is 40.9. The number of carbonyl (C=O) groups is 9. The van der Waals surface area contributed by atoms with Crippen molar-refractivity contribution in [3.8, 4) is 28.2 Å². The lowest BCUT2D eigenvalue weighted by molar-refractivity contribution is -0.141. The van der Waals surface area contributed by atoms with Crippen molar-refractivity contribution in [2.45, 2.75) is 134 Å². The van der Waals surface area contributed by atoms with Crippen LogP contribution in [0.3, 0.4) is 0 Å². The lowest BCUT2D eigenvalue weighted by Crippen LogP contribution is -2.49. The number of thiocarbonyl (C=S) groups is 1. The number of ketones is 2. The van der Waals surface area contributed by atoms with Crippen molar-refractivity contribution in [1.82, 2.24) is 21.3 Å². The van der Waals surface area contributed by atoms with E-state index in [0.717, 1.165) is 24.0 Å². The summed E-state index contributed by atoms with van der Waals surface area (Å²) in [5, 5.41) is 50.0. The van der Waals surface area contributed by atoms with Crippen LogP contribution in [0.15, 0.2) is 124 Å². The number of carboxylic acid groups (broad SMARTS) is 3. The first-order valence-electron chi connectivity index (χ1n) is 28.2. The van der Waals surface area contributed by atoms with Gasteiger partial charge in [-0.3, -0.25) is 33.6 Å². The Hall–Kier alpha value is -9.11. The Morgan fingerprint density at radius 1 is 0.635 bits per heavy atom. The largest absolute Gasteiger partial charge is 0.508 e. The maximum Gasteiger partial charge on any atom is 0.336 e. The van der Waals surface area contributed by atoms with Gasteiger partial charge in [-0.15, -0.1) is 0 Å². The number of hydrogen-bond acceptors (Lipinski definition) is 14. The molecular formula is C64H70N4O16S. The molecule has 0 saturated carbocycles. The Labute approximate surface area is 496 Å². The molecule has 1 aliphatic heterocycles. The van der Waals surface area contributed by atoms with Crippen LogP contribution in [-0.4, -0.2) is 104 Å². The number of unbranched alkanes of at least 4 members (excludes halogenated alkanes) is 5. The van der Waals surface area contributed by atoms with Crippen molar-refractivity contribution in [1.29, 1.82) is 0 Å². The Morgan fingerprint density at radius 2 is 1.31 bits per heavy atom. The van der Waals surface area contributed by atoms with Gasteiger partial charge in [0.25, 0.3) is 6.47 Å². The molecule has 2 aliphatic rings. The highest BCUT2D eigenvalue weighted by Crippen LogP contribution is 2.42. The number of benzene rings is 5. The molecule has 0 saturated heterocycles. The number of Topliss-reactive ketones (excluding diaryl/α,β-unsaturated/α-hetero) is 2. The number of hydrogen-bond donors (Lipinski definition) is 8. The average Bonchev–Trinajstić information content (AvgIpc) is 1.46. The van der Waals surface area contributed by atoms with Gasteiger partial charge in [0.15, 0.2) is 17.4 Å². The number of amides is 4. The second-order valence-corrected chi connectivity index (χ2v) is 21.4.